The van der Waals surface area contributed by atoms with Crippen LogP contribution in [0.2, 0.25) is 18.1 Å². The van der Waals surface area contributed by atoms with Crippen molar-refractivity contribution in [2.45, 2.75) is 83.0 Å². The number of rotatable bonds is 8. The summed E-state index contributed by atoms with van der Waals surface area (Å²) in [5, 5.41) is 10.1. The van der Waals surface area contributed by atoms with Crippen LogP contribution in [0.3, 0.4) is 0 Å². The third-order valence-electron chi connectivity index (χ3n) is 7.97. The van der Waals surface area contributed by atoms with Crippen LogP contribution in [0.25, 0.3) is 0 Å². The predicted octanol–water partition coefficient (Wildman–Crippen LogP) is 5.90. The molecule has 0 bridgehead atoms. The summed E-state index contributed by atoms with van der Waals surface area (Å²) in [7, 11) is -1.92. The van der Waals surface area contributed by atoms with Gasteiger partial charge in [0, 0.05) is 31.5 Å². The van der Waals surface area contributed by atoms with Crippen LogP contribution >= 0.6 is 0 Å². The molecule has 31 heavy (non-hydrogen) atoms. The highest BCUT2D eigenvalue weighted by Gasteiger charge is 2.43. The van der Waals surface area contributed by atoms with Crippen molar-refractivity contribution < 1.29 is 18.7 Å². The predicted molar refractivity (Wildman–Crippen MR) is 125 cm³/mol. The van der Waals surface area contributed by atoms with Gasteiger partial charge in [-0.1, -0.05) is 58.6 Å². The van der Waals surface area contributed by atoms with Gasteiger partial charge in [0.2, 0.25) is 0 Å². The van der Waals surface area contributed by atoms with Crippen molar-refractivity contribution in [3.05, 3.63) is 35.6 Å². The lowest BCUT2D eigenvalue weighted by atomic mass is 9.89. The first-order valence-electron chi connectivity index (χ1n) is 11.8. The number of hydrogen-bond acceptors (Lipinski definition) is 3. The Hall–Kier alpha value is -1.24. The number of carbonyl (C=O) groups is 1. The molecule has 0 aromatic heterocycles. The van der Waals surface area contributed by atoms with Crippen molar-refractivity contribution in [2.24, 2.45) is 11.8 Å². The topological polar surface area (TPSA) is 49.8 Å². The van der Waals surface area contributed by atoms with Gasteiger partial charge < -0.3 is 9.53 Å². The van der Waals surface area contributed by atoms with Crippen molar-refractivity contribution in [2.75, 3.05) is 19.7 Å². The molecule has 0 spiro atoms. The Labute approximate surface area is 188 Å². The lowest BCUT2D eigenvalue weighted by molar-refractivity contribution is -0.143. The minimum Gasteiger partial charge on any atom is -0.480 e. The molecule has 2 aliphatic rings. The normalized spacial score (nSPS) is 24.6. The highest BCUT2D eigenvalue weighted by atomic mass is 28.4. The number of likely N-dealkylation sites (tertiary alicyclic amines) is 1. The van der Waals surface area contributed by atoms with Crippen LogP contribution in [0.5, 0.6) is 0 Å². The molecule has 1 saturated carbocycles. The first-order chi connectivity index (χ1) is 14.5. The van der Waals surface area contributed by atoms with E-state index in [1.165, 1.54) is 18.9 Å². The zero-order valence-electron chi connectivity index (χ0n) is 19.9. The highest BCUT2D eigenvalue weighted by Crippen LogP contribution is 2.40. The Morgan fingerprint density at radius 3 is 2.52 bits per heavy atom. The molecule has 2 unspecified atom stereocenters. The minimum absolute atomic E-state index is 0.0888. The molecule has 3 atom stereocenters. The molecule has 1 aliphatic heterocycles. The summed E-state index contributed by atoms with van der Waals surface area (Å²) >= 11 is 0. The molecular formula is C25H40FNO3Si. The molecule has 6 heteroatoms. The fourth-order valence-corrected chi connectivity index (χ4v) is 6.01. The van der Waals surface area contributed by atoms with Crippen molar-refractivity contribution in [3.8, 4) is 0 Å². The maximum absolute atomic E-state index is 14.0. The Bertz CT molecular complexity index is 757. The average Bonchev–Trinajstić information content (AvgIpc) is 3.33. The number of aliphatic carboxylic acids is 1. The van der Waals surface area contributed by atoms with E-state index in [0.717, 1.165) is 24.8 Å². The number of carboxylic acids is 1. The average molecular weight is 450 g/mol. The van der Waals surface area contributed by atoms with E-state index >= 15 is 0 Å². The number of carboxylic acid groups (broad SMARTS) is 1. The minimum atomic E-state index is -1.92. The van der Waals surface area contributed by atoms with Gasteiger partial charge in [-0.05, 0) is 48.2 Å². The second kappa shape index (κ2) is 9.71. The van der Waals surface area contributed by atoms with Crippen LogP contribution in [0.4, 0.5) is 4.39 Å². The zero-order valence-corrected chi connectivity index (χ0v) is 20.9. The number of nitrogens with zero attached hydrogens (tertiary/aromatic N) is 1. The standard InChI is InChI=1S/C25H40FNO3Si/c1-25(2,3)31(4,5)30-17-20-15-27(16-22(20)19-11-8-12-21(26)14-19)23(24(28)29)13-18-9-6-7-10-18/h8,11-12,14,18,20,22-23H,6-7,9-10,13,15-17H2,1-5H3,(H,28,29)/t20?,22?,23-/m1/s1. The quantitative estimate of drug-likeness (QED) is 0.502. The zero-order chi connectivity index (χ0) is 22.8. The highest BCUT2D eigenvalue weighted by molar-refractivity contribution is 6.74. The molecule has 174 valence electrons. The van der Waals surface area contributed by atoms with E-state index in [9.17, 15) is 14.3 Å². The Morgan fingerprint density at radius 2 is 1.94 bits per heavy atom. The smallest absolute Gasteiger partial charge is 0.320 e. The van der Waals surface area contributed by atoms with Crippen LogP contribution in [-0.2, 0) is 9.22 Å². The lowest BCUT2D eigenvalue weighted by Crippen LogP contribution is -2.43. The number of benzene rings is 1. The Balaban J connectivity index is 1.79. The number of hydrogen-bond donors (Lipinski definition) is 1. The van der Waals surface area contributed by atoms with E-state index in [2.05, 4.69) is 38.8 Å². The van der Waals surface area contributed by atoms with Gasteiger partial charge in [-0.2, -0.15) is 0 Å². The van der Waals surface area contributed by atoms with Crippen molar-refractivity contribution in [1.82, 2.24) is 4.90 Å². The summed E-state index contributed by atoms with van der Waals surface area (Å²) in [5.74, 6) is -0.194. The molecule has 2 fully saturated rings. The second-order valence-electron chi connectivity index (χ2n) is 11.2. The number of halogens is 1. The molecule has 1 N–H and O–H groups in total. The van der Waals surface area contributed by atoms with Crippen molar-refractivity contribution in [3.63, 3.8) is 0 Å². The molecule has 0 amide bonds. The Morgan fingerprint density at radius 1 is 1.26 bits per heavy atom. The van der Waals surface area contributed by atoms with Crippen molar-refractivity contribution in [1.29, 1.82) is 0 Å². The van der Waals surface area contributed by atoms with Gasteiger partial charge in [0.25, 0.3) is 0 Å². The molecule has 1 aliphatic carbocycles. The molecule has 1 aromatic rings. The summed E-state index contributed by atoms with van der Waals surface area (Å²) in [5.41, 5.74) is 0.955. The molecule has 0 radical (unpaired) electrons. The van der Waals surface area contributed by atoms with E-state index in [1.54, 1.807) is 12.1 Å². The lowest BCUT2D eigenvalue weighted by Gasteiger charge is -2.37. The van der Waals surface area contributed by atoms with Crippen molar-refractivity contribution >= 4 is 14.3 Å². The maximum Gasteiger partial charge on any atom is 0.320 e. The third kappa shape index (κ3) is 5.96. The summed E-state index contributed by atoms with van der Waals surface area (Å²) in [4.78, 5) is 14.3. The van der Waals surface area contributed by atoms with E-state index in [0.29, 0.717) is 25.6 Å². The molecular weight excluding hydrogens is 409 g/mol. The van der Waals surface area contributed by atoms with Gasteiger partial charge in [-0.3, -0.25) is 9.69 Å². The van der Waals surface area contributed by atoms with Gasteiger partial charge >= 0.3 is 5.97 Å². The van der Waals surface area contributed by atoms with Gasteiger partial charge in [0.15, 0.2) is 8.32 Å². The van der Waals surface area contributed by atoms with Gasteiger partial charge in [0.1, 0.15) is 11.9 Å². The largest absolute Gasteiger partial charge is 0.480 e. The summed E-state index contributed by atoms with van der Waals surface area (Å²) < 4.78 is 20.6. The molecule has 1 heterocycles. The fraction of sp³-hybridized carbons (Fsp3) is 0.720. The SMILES string of the molecule is CC(C)(C)[Si](C)(C)OCC1CN([C@H](CC2CCCC2)C(=O)O)CC1c1cccc(F)c1. The van der Waals surface area contributed by atoms with Crippen LogP contribution in [0.15, 0.2) is 24.3 Å². The van der Waals surface area contributed by atoms with E-state index < -0.39 is 20.3 Å². The van der Waals surface area contributed by atoms with Crippen LogP contribution in [0.1, 0.15) is 64.4 Å². The fourth-order valence-electron chi connectivity index (χ4n) is 4.94. The van der Waals surface area contributed by atoms with E-state index in [-0.39, 0.29) is 22.7 Å². The second-order valence-corrected chi connectivity index (χ2v) is 16.0. The first kappa shape index (κ1) is 24.4. The maximum atomic E-state index is 14.0. The molecule has 4 nitrogen and oxygen atoms in total. The van der Waals surface area contributed by atoms with E-state index in [4.69, 9.17) is 4.43 Å². The molecule has 1 saturated heterocycles. The summed E-state index contributed by atoms with van der Waals surface area (Å²) in [6.45, 7) is 13.1. The van der Waals surface area contributed by atoms with E-state index in [1.807, 2.05) is 6.07 Å². The monoisotopic (exact) mass is 449 g/mol. The van der Waals surface area contributed by atoms with Crippen LogP contribution in [-0.4, -0.2) is 50.0 Å². The van der Waals surface area contributed by atoms with Gasteiger partial charge in [-0.25, -0.2) is 4.39 Å². The van der Waals surface area contributed by atoms with Gasteiger partial charge in [-0.15, -0.1) is 0 Å². The molecule has 1 aromatic carbocycles. The summed E-state index contributed by atoms with van der Waals surface area (Å²) in [6.07, 6.45) is 5.44. The summed E-state index contributed by atoms with van der Waals surface area (Å²) in [6, 6.07) is 6.35. The van der Waals surface area contributed by atoms with Crippen LogP contribution < -0.4 is 0 Å². The first-order valence-corrected chi connectivity index (χ1v) is 14.7. The third-order valence-corrected chi connectivity index (χ3v) is 12.5. The van der Waals surface area contributed by atoms with Gasteiger partial charge in [0.05, 0.1) is 0 Å². The Kier molecular flexibility index (Phi) is 7.65. The molecule has 3 rings (SSSR count). The van der Waals surface area contributed by atoms with Crippen LogP contribution in [0, 0.1) is 17.7 Å².